The SMILES string of the molecule is CC(c1ccncc1)n1nccc1N. The van der Waals surface area contributed by atoms with Crippen molar-refractivity contribution in [2.24, 2.45) is 0 Å². The largest absolute Gasteiger partial charge is 0.384 e. The van der Waals surface area contributed by atoms with Crippen LogP contribution in [0.25, 0.3) is 0 Å². The van der Waals surface area contributed by atoms with Crippen LogP contribution in [-0.2, 0) is 0 Å². The number of rotatable bonds is 2. The minimum atomic E-state index is 0.146. The van der Waals surface area contributed by atoms with Crippen molar-refractivity contribution >= 4 is 5.82 Å². The third kappa shape index (κ3) is 1.46. The van der Waals surface area contributed by atoms with Crippen LogP contribution in [0.4, 0.5) is 5.82 Å². The van der Waals surface area contributed by atoms with Crippen molar-refractivity contribution in [2.75, 3.05) is 5.73 Å². The summed E-state index contributed by atoms with van der Waals surface area (Å²) in [6.07, 6.45) is 5.24. The standard InChI is InChI=1S/C10H12N4/c1-8(9-2-5-12-6-3-9)14-10(11)4-7-13-14/h2-8H,11H2,1H3. The molecule has 0 aliphatic heterocycles. The van der Waals surface area contributed by atoms with Crippen LogP contribution in [0.3, 0.4) is 0 Å². The molecule has 72 valence electrons. The maximum absolute atomic E-state index is 5.76. The van der Waals surface area contributed by atoms with Gasteiger partial charge in [0, 0.05) is 12.4 Å². The summed E-state index contributed by atoms with van der Waals surface area (Å²) in [5, 5.41) is 4.16. The van der Waals surface area contributed by atoms with Crippen LogP contribution in [0, 0.1) is 0 Å². The van der Waals surface area contributed by atoms with Crippen LogP contribution >= 0.6 is 0 Å². The molecule has 2 aromatic heterocycles. The molecule has 0 radical (unpaired) electrons. The number of nitrogens with zero attached hydrogens (tertiary/aromatic N) is 3. The molecule has 2 heterocycles. The Kier molecular flexibility index (Phi) is 2.18. The molecule has 0 spiro atoms. The Labute approximate surface area is 82.4 Å². The molecule has 1 atom stereocenters. The van der Waals surface area contributed by atoms with Gasteiger partial charge in [0.25, 0.3) is 0 Å². The quantitative estimate of drug-likeness (QED) is 0.776. The summed E-state index contributed by atoms with van der Waals surface area (Å²) in [6, 6.07) is 5.86. The van der Waals surface area contributed by atoms with Gasteiger partial charge in [-0.15, -0.1) is 0 Å². The van der Waals surface area contributed by atoms with Gasteiger partial charge in [0.05, 0.1) is 12.2 Å². The van der Waals surface area contributed by atoms with Gasteiger partial charge in [-0.1, -0.05) is 0 Å². The number of nitrogens with two attached hydrogens (primary N) is 1. The van der Waals surface area contributed by atoms with Gasteiger partial charge in [-0.2, -0.15) is 5.10 Å². The predicted octanol–water partition coefficient (Wildman–Crippen LogP) is 1.47. The lowest BCUT2D eigenvalue weighted by Crippen LogP contribution is -2.11. The van der Waals surface area contributed by atoms with E-state index in [2.05, 4.69) is 17.0 Å². The molecule has 0 fully saturated rings. The summed E-state index contributed by atoms with van der Waals surface area (Å²) in [4.78, 5) is 3.97. The normalized spacial score (nSPS) is 12.6. The van der Waals surface area contributed by atoms with Gasteiger partial charge in [0.2, 0.25) is 0 Å². The Morgan fingerprint density at radius 1 is 1.21 bits per heavy atom. The number of pyridine rings is 1. The van der Waals surface area contributed by atoms with Crippen LogP contribution < -0.4 is 5.73 Å². The molecule has 0 saturated heterocycles. The van der Waals surface area contributed by atoms with Gasteiger partial charge in [0.15, 0.2) is 0 Å². The summed E-state index contributed by atoms with van der Waals surface area (Å²) >= 11 is 0. The highest BCUT2D eigenvalue weighted by Gasteiger charge is 2.09. The molecule has 0 aliphatic carbocycles. The van der Waals surface area contributed by atoms with E-state index < -0.39 is 0 Å². The Morgan fingerprint density at radius 2 is 1.93 bits per heavy atom. The Balaban J connectivity index is 2.34. The minimum Gasteiger partial charge on any atom is -0.384 e. The molecule has 0 aromatic carbocycles. The highest BCUT2D eigenvalue weighted by molar-refractivity contribution is 5.29. The highest BCUT2D eigenvalue weighted by Crippen LogP contribution is 2.18. The van der Waals surface area contributed by atoms with E-state index in [0.29, 0.717) is 5.82 Å². The maximum atomic E-state index is 5.76. The maximum Gasteiger partial charge on any atom is 0.122 e. The van der Waals surface area contributed by atoms with Gasteiger partial charge in [0.1, 0.15) is 5.82 Å². The average molecular weight is 188 g/mol. The van der Waals surface area contributed by atoms with Gasteiger partial charge in [-0.3, -0.25) is 4.98 Å². The second-order valence-corrected chi connectivity index (χ2v) is 3.16. The molecule has 2 rings (SSSR count). The second-order valence-electron chi connectivity index (χ2n) is 3.16. The zero-order valence-electron chi connectivity index (χ0n) is 7.96. The topological polar surface area (TPSA) is 56.7 Å². The lowest BCUT2D eigenvalue weighted by atomic mass is 10.1. The molecule has 0 aliphatic rings. The van der Waals surface area contributed by atoms with Crippen molar-refractivity contribution in [3.8, 4) is 0 Å². The molecule has 0 saturated carbocycles. The molecule has 4 nitrogen and oxygen atoms in total. The Bertz CT molecular complexity index is 407. The van der Waals surface area contributed by atoms with Crippen molar-refractivity contribution in [3.63, 3.8) is 0 Å². The van der Waals surface area contributed by atoms with Crippen molar-refractivity contribution in [1.29, 1.82) is 0 Å². The molecule has 2 aromatic rings. The monoisotopic (exact) mass is 188 g/mol. The Morgan fingerprint density at radius 3 is 2.50 bits per heavy atom. The fourth-order valence-corrected chi connectivity index (χ4v) is 1.43. The number of nitrogen functional groups attached to an aromatic ring is 1. The first-order chi connectivity index (χ1) is 6.79. The molecule has 1 unspecified atom stereocenters. The van der Waals surface area contributed by atoms with Gasteiger partial charge in [-0.25, -0.2) is 4.68 Å². The van der Waals surface area contributed by atoms with E-state index in [9.17, 15) is 0 Å². The van der Waals surface area contributed by atoms with Crippen LogP contribution in [0.15, 0.2) is 36.8 Å². The molecule has 0 bridgehead atoms. The zero-order valence-corrected chi connectivity index (χ0v) is 7.96. The van der Waals surface area contributed by atoms with E-state index in [-0.39, 0.29) is 6.04 Å². The van der Waals surface area contributed by atoms with Crippen LogP contribution in [0.1, 0.15) is 18.5 Å². The fourth-order valence-electron chi connectivity index (χ4n) is 1.43. The second kappa shape index (κ2) is 3.49. The lowest BCUT2D eigenvalue weighted by molar-refractivity contribution is 0.572. The molecule has 0 amide bonds. The molecule has 14 heavy (non-hydrogen) atoms. The summed E-state index contributed by atoms with van der Waals surface area (Å²) in [7, 11) is 0. The van der Waals surface area contributed by atoms with Crippen molar-refractivity contribution in [1.82, 2.24) is 14.8 Å². The third-order valence-electron chi connectivity index (χ3n) is 2.26. The molecule has 4 heteroatoms. The molecular weight excluding hydrogens is 176 g/mol. The van der Waals surface area contributed by atoms with Crippen LogP contribution in [0.2, 0.25) is 0 Å². The van der Waals surface area contributed by atoms with Crippen molar-refractivity contribution in [2.45, 2.75) is 13.0 Å². The first-order valence-electron chi connectivity index (χ1n) is 4.48. The lowest BCUT2D eigenvalue weighted by Gasteiger charge is -2.13. The predicted molar refractivity (Wildman–Crippen MR) is 54.7 cm³/mol. The van der Waals surface area contributed by atoms with Crippen LogP contribution in [-0.4, -0.2) is 14.8 Å². The average Bonchev–Trinajstić information content (AvgIpc) is 2.65. The number of anilines is 1. The van der Waals surface area contributed by atoms with Gasteiger partial charge >= 0.3 is 0 Å². The summed E-state index contributed by atoms with van der Waals surface area (Å²) in [5.41, 5.74) is 6.91. The van der Waals surface area contributed by atoms with E-state index >= 15 is 0 Å². The minimum absolute atomic E-state index is 0.146. The number of aromatic nitrogens is 3. The first-order valence-corrected chi connectivity index (χ1v) is 4.48. The van der Waals surface area contributed by atoms with Crippen molar-refractivity contribution in [3.05, 3.63) is 42.4 Å². The van der Waals surface area contributed by atoms with E-state index in [0.717, 1.165) is 5.56 Å². The van der Waals surface area contributed by atoms with Crippen LogP contribution in [0.5, 0.6) is 0 Å². The zero-order chi connectivity index (χ0) is 9.97. The van der Waals surface area contributed by atoms with E-state index in [4.69, 9.17) is 5.73 Å². The highest BCUT2D eigenvalue weighted by atomic mass is 15.3. The van der Waals surface area contributed by atoms with E-state index in [1.165, 1.54) is 0 Å². The summed E-state index contributed by atoms with van der Waals surface area (Å²) < 4.78 is 1.79. The third-order valence-corrected chi connectivity index (χ3v) is 2.26. The summed E-state index contributed by atoms with van der Waals surface area (Å²) in [6.45, 7) is 2.05. The molecular formula is C10H12N4. The van der Waals surface area contributed by atoms with Gasteiger partial charge < -0.3 is 5.73 Å². The first kappa shape index (κ1) is 8.74. The molecule has 2 N–H and O–H groups in total. The smallest absolute Gasteiger partial charge is 0.122 e. The number of hydrogen-bond donors (Lipinski definition) is 1. The Hall–Kier alpha value is -1.84. The van der Waals surface area contributed by atoms with Gasteiger partial charge in [-0.05, 0) is 30.7 Å². The van der Waals surface area contributed by atoms with E-state index in [1.54, 1.807) is 29.3 Å². The fraction of sp³-hybridized carbons (Fsp3) is 0.200. The van der Waals surface area contributed by atoms with Crippen molar-refractivity contribution < 1.29 is 0 Å². The van der Waals surface area contributed by atoms with E-state index in [1.807, 2.05) is 12.1 Å². The summed E-state index contributed by atoms with van der Waals surface area (Å²) in [5.74, 6) is 0.675. The number of hydrogen-bond acceptors (Lipinski definition) is 3.